The minimum absolute atomic E-state index is 0.242. The second-order valence-corrected chi connectivity index (χ2v) is 4.21. The van der Waals surface area contributed by atoms with E-state index in [1.807, 2.05) is 0 Å². The van der Waals surface area contributed by atoms with Gasteiger partial charge in [0, 0.05) is 13.2 Å². The number of aryl methyl sites for hydroxylation is 1. The molecule has 0 saturated carbocycles. The number of rotatable bonds is 6. The zero-order valence-electron chi connectivity index (χ0n) is 9.35. The first-order chi connectivity index (χ1) is 7.04. The standard InChI is InChI=1S/C10H19N3O2/c1-10(2,15)9-8-13(12-11-9)6-4-3-5-7-14/h8,14-15H,3-7H2,1-2H3. The summed E-state index contributed by atoms with van der Waals surface area (Å²) in [6, 6.07) is 0. The van der Waals surface area contributed by atoms with Gasteiger partial charge in [0.15, 0.2) is 0 Å². The molecule has 1 heterocycles. The Morgan fingerprint density at radius 2 is 2.07 bits per heavy atom. The van der Waals surface area contributed by atoms with Crippen LogP contribution >= 0.6 is 0 Å². The van der Waals surface area contributed by atoms with Crippen LogP contribution in [0.2, 0.25) is 0 Å². The van der Waals surface area contributed by atoms with Crippen LogP contribution in [0.15, 0.2) is 6.20 Å². The number of nitrogens with zero attached hydrogens (tertiary/aromatic N) is 3. The monoisotopic (exact) mass is 213 g/mol. The Morgan fingerprint density at radius 1 is 1.33 bits per heavy atom. The third kappa shape index (κ3) is 3.97. The summed E-state index contributed by atoms with van der Waals surface area (Å²) in [5.41, 5.74) is -0.340. The molecule has 0 aliphatic heterocycles. The predicted molar refractivity (Wildman–Crippen MR) is 56.2 cm³/mol. The van der Waals surface area contributed by atoms with Gasteiger partial charge in [-0.2, -0.15) is 0 Å². The van der Waals surface area contributed by atoms with Crippen LogP contribution < -0.4 is 0 Å². The van der Waals surface area contributed by atoms with Crippen LogP contribution in [0.1, 0.15) is 38.8 Å². The van der Waals surface area contributed by atoms with E-state index in [1.165, 1.54) is 0 Å². The fraction of sp³-hybridized carbons (Fsp3) is 0.800. The maximum Gasteiger partial charge on any atom is 0.114 e. The second-order valence-electron chi connectivity index (χ2n) is 4.21. The minimum Gasteiger partial charge on any atom is -0.396 e. The molecule has 0 spiro atoms. The van der Waals surface area contributed by atoms with E-state index in [-0.39, 0.29) is 6.61 Å². The molecule has 0 unspecified atom stereocenters. The van der Waals surface area contributed by atoms with Crippen LogP contribution in [0.4, 0.5) is 0 Å². The van der Waals surface area contributed by atoms with Gasteiger partial charge in [0.25, 0.3) is 0 Å². The number of unbranched alkanes of at least 4 members (excludes halogenated alkanes) is 2. The highest BCUT2D eigenvalue weighted by molar-refractivity contribution is 5.02. The van der Waals surface area contributed by atoms with Crippen LogP contribution in [0, 0.1) is 0 Å². The summed E-state index contributed by atoms with van der Waals surface area (Å²) in [5.74, 6) is 0. The van der Waals surface area contributed by atoms with E-state index in [2.05, 4.69) is 10.3 Å². The molecule has 1 aromatic heterocycles. The third-order valence-corrected chi connectivity index (χ3v) is 2.21. The van der Waals surface area contributed by atoms with Gasteiger partial charge in [-0.1, -0.05) is 5.21 Å². The molecule has 5 heteroatoms. The molecule has 1 rings (SSSR count). The zero-order chi connectivity index (χ0) is 11.3. The van der Waals surface area contributed by atoms with E-state index >= 15 is 0 Å². The molecule has 0 atom stereocenters. The molecule has 15 heavy (non-hydrogen) atoms. The maximum atomic E-state index is 9.66. The van der Waals surface area contributed by atoms with Crippen molar-refractivity contribution >= 4 is 0 Å². The molecule has 0 saturated heterocycles. The van der Waals surface area contributed by atoms with Crippen molar-refractivity contribution in [3.8, 4) is 0 Å². The Labute approximate surface area is 89.7 Å². The normalized spacial score (nSPS) is 12.0. The van der Waals surface area contributed by atoms with Gasteiger partial charge >= 0.3 is 0 Å². The minimum atomic E-state index is -0.927. The van der Waals surface area contributed by atoms with Gasteiger partial charge in [-0.05, 0) is 33.1 Å². The average molecular weight is 213 g/mol. The smallest absolute Gasteiger partial charge is 0.114 e. The number of hydrogen-bond acceptors (Lipinski definition) is 4. The molecule has 0 aromatic carbocycles. The molecule has 5 nitrogen and oxygen atoms in total. The highest BCUT2D eigenvalue weighted by atomic mass is 16.3. The zero-order valence-corrected chi connectivity index (χ0v) is 9.35. The van der Waals surface area contributed by atoms with E-state index in [0.29, 0.717) is 5.69 Å². The summed E-state index contributed by atoms with van der Waals surface area (Å²) >= 11 is 0. The van der Waals surface area contributed by atoms with Gasteiger partial charge in [-0.3, -0.25) is 4.68 Å². The van der Waals surface area contributed by atoms with Crippen LogP contribution in [-0.2, 0) is 12.1 Å². The Hall–Kier alpha value is -0.940. The van der Waals surface area contributed by atoms with E-state index in [0.717, 1.165) is 25.8 Å². The first-order valence-electron chi connectivity index (χ1n) is 5.28. The highest BCUT2D eigenvalue weighted by Crippen LogP contribution is 2.15. The van der Waals surface area contributed by atoms with Crippen molar-refractivity contribution in [3.05, 3.63) is 11.9 Å². The van der Waals surface area contributed by atoms with E-state index in [9.17, 15) is 5.11 Å². The van der Waals surface area contributed by atoms with E-state index in [4.69, 9.17) is 5.11 Å². The van der Waals surface area contributed by atoms with Crippen molar-refractivity contribution in [1.29, 1.82) is 0 Å². The lowest BCUT2D eigenvalue weighted by molar-refractivity contribution is 0.0737. The summed E-state index contributed by atoms with van der Waals surface area (Å²) in [6.07, 6.45) is 4.54. The quantitative estimate of drug-likeness (QED) is 0.681. The second kappa shape index (κ2) is 5.23. The molecule has 2 N–H and O–H groups in total. The van der Waals surface area contributed by atoms with E-state index < -0.39 is 5.60 Å². The van der Waals surface area contributed by atoms with Crippen LogP contribution in [-0.4, -0.2) is 31.8 Å². The van der Waals surface area contributed by atoms with Crippen molar-refractivity contribution in [3.63, 3.8) is 0 Å². The fourth-order valence-electron chi connectivity index (χ4n) is 1.25. The lowest BCUT2D eigenvalue weighted by Gasteiger charge is -2.11. The number of aliphatic hydroxyl groups excluding tert-OH is 1. The predicted octanol–water partition coefficient (Wildman–Crippen LogP) is 0.668. The SMILES string of the molecule is CC(C)(O)c1cn(CCCCCO)nn1. The van der Waals surface area contributed by atoms with Gasteiger partial charge in [0.2, 0.25) is 0 Å². The Morgan fingerprint density at radius 3 is 2.60 bits per heavy atom. The Bertz CT molecular complexity index is 291. The highest BCUT2D eigenvalue weighted by Gasteiger charge is 2.19. The van der Waals surface area contributed by atoms with Gasteiger partial charge in [-0.15, -0.1) is 5.10 Å². The molecule has 0 bridgehead atoms. The van der Waals surface area contributed by atoms with Crippen LogP contribution in [0.25, 0.3) is 0 Å². The summed E-state index contributed by atoms with van der Waals surface area (Å²) in [4.78, 5) is 0. The molecule has 0 aliphatic carbocycles. The first kappa shape index (κ1) is 12.1. The van der Waals surface area contributed by atoms with Crippen LogP contribution in [0.3, 0.4) is 0 Å². The number of hydrogen-bond donors (Lipinski definition) is 2. The van der Waals surface area contributed by atoms with E-state index in [1.54, 1.807) is 24.7 Å². The molecule has 0 fully saturated rings. The van der Waals surface area contributed by atoms with Gasteiger partial charge < -0.3 is 10.2 Å². The molecule has 0 amide bonds. The molecule has 0 radical (unpaired) electrons. The number of aliphatic hydroxyl groups is 2. The van der Waals surface area contributed by atoms with Crippen molar-refractivity contribution < 1.29 is 10.2 Å². The van der Waals surface area contributed by atoms with Crippen molar-refractivity contribution in [2.24, 2.45) is 0 Å². The topological polar surface area (TPSA) is 71.2 Å². The van der Waals surface area contributed by atoms with Gasteiger partial charge in [0.1, 0.15) is 11.3 Å². The lowest BCUT2D eigenvalue weighted by atomic mass is 10.1. The largest absolute Gasteiger partial charge is 0.396 e. The molecular weight excluding hydrogens is 194 g/mol. The first-order valence-corrected chi connectivity index (χ1v) is 5.28. The van der Waals surface area contributed by atoms with Crippen LogP contribution in [0.5, 0.6) is 0 Å². The number of aromatic nitrogens is 3. The average Bonchev–Trinajstić information content (AvgIpc) is 2.60. The maximum absolute atomic E-state index is 9.66. The Balaban J connectivity index is 2.40. The molecular formula is C10H19N3O2. The third-order valence-electron chi connectivity index (χ3n) is 2.21. The summed E-state index contributed by atoms with van der Waals surface area (Å²) in [7, 11) is 0. The van der Waals surface area contributed by atoms with Crippen molar-refractivity contribution in [2.45, 2.75) is 45.3 Å². The summed E-state index contributed by atoms with van der Waals surface area (Å²) in [6.45, 7) is 4.40. The Kier molecular flexibility index (Phi) is 4.23. The molecule has 86 valence electrons. The van der Waals surface area contributed by atoms with Crippen molar-refractivity contribution in [1.82, 2.24) is 15.0 Å². The molecule has 0 aliphatic rings. The lowest BCUT2D eigenvalue weighted by Crippen LogP contribution is -2.15. The summed E-state index contributed by atoms with van der Waals surface area (Å²) < 4.78 is 1.73. The summed E-state index contributed by atoms with van der Waals surface area (Å²) in [5, 5.41) is 26.1. The van der Waals surface area contributed by atoms with Gasteiger partial charge in [-0.25, -0.2) is 0 Å². The van der Waals surface area contributed by atoms with Gasteiger partial charge in [0.05, 0.1) is 6.20 Å². The van der Waals surface area contributed by atoms with Crippen molar-refractivity contribution in [2.75, 3.05) is 6.61 Å². The fourth-order valence-corrected chi connectivity index (χ4v) is 1.25. The molecule has 1 aromatic rings.